The summed E-state index contributed by atoms with van der Waals surface area (Å²) in [5.74, 6) is 1.44. The molecule has 0 aromatic heterocycles. The summed E-state index contributed by atoms with van der Waals surface area (Å²) in [6, 6.07) is 7.06. The number of imide groups is 1. The van der Waals surface area contributed by atoms with Crippen LogP contribution in [0.15, 0.2) is 24.3 Å². The van der Waals surface area contributed by atoms with Crippen LogP contribution in [0.3, 0.4) is 0 Å². The van der Waals surface area contributed by atoms with Gasteiger partial charge in [-0.3, -0.25) is 19.3 Å². The molecule has 305 valence electrons. The molecule has 0 bridgehead atoms. The first-order valence-corrected chi connectivity index (χ1v) is 20.7. The Morgan fingerprint density at radius 2 is 1.02 bits per heavy atom. The summed E-state index contributed by atoms with van der Waals surface area (Å²) >= 11 is 0. The van der Waals surface area contributed by atoms with Crippen molar-refractivity contribution in [1.82, 2.24) is 4.90 Å². The quantitative estimate of drug-likeness (QED) is 0.0855. The van der Waals surface area contributed by atoms with Gasteiger partial charge in [-0.05, 0) is 68.0 Å². The third-order valence-electron chi connectivity index (χ3n) is 9.40. The molecule has 9 heteroatoms. The number of hydrogen-bond donors (Lipinski definition) is 3. The van der Waals surface area contributed by atoms with E-state index in [-0.39, 0.29) is 57.1 Å². The fourth-order valence-electron chi connectivity index (χ4n) is 5.07. The number of carboxylic acids is 1. The average molecular weight is 756 g/mol. The Morgan fingerprint density at radius 3 is 1.36 bits per heavy atom. The largest absolute Gasteiger partial charge is 1.00 e. The number of aliphatic carboxylic acids is 1. The molecule has 3 radical (unpaired) electrons. The molecule has 5 atom stereocenters. The van der Waals surface area contributed by atoms with E-state index in [1.54, 1.807) is 31.2 Å². The number of carboxylic acid groups (broad SMARTS) is 1. The van der Waals surface area contributed by atoms with Crippen LogP contribution in [0.2, 0.25) is 0 Å². The van der Waals surface area contributed by atoms with Crippen molar-refractivity contribution in [3.8, 4) is 0 Å². The molecule has 0 spiro atoms. The summed E-state index contributed by atoms with van der Waals surface area (Å²) in [5.41, 5.74) is 6.51. The maximum absolute atomic E-state index is 12.1. The summed E-state index contributed by atoms with van der Waals surface area (Å²) < 4.78 is 0. The molecule has 1 aromatic carbocycles. The van der Waals surface area contributed by atoms with Crippen molar-refractivity contribution in [2.45, 2.75) is 179 Å². The molecule has 0 aliphatic carbocycles. The molecule has 1 heterocycles. The molecule has 2 amide bonds. The van der Waals surface area contributed by atoms with Crippen molar-refractivity contribution in [2.75, 3.05) is 19.7 Å². The Kier molecular flexibility index (Phi) is 48.3. The van der Waals surface area contributed by atoms with Gasteiger partial charge in [-0.15, -0.1) is 0 Å². The van der Waals surface area contributed by atoms with Gasteiger partial charge in [0.2, 0.25) is 0 Å². The van der Waals surface area contributed by atoms with Crippen molar-refractivity contribution in [1.29, 1.82) is 0 Å². The normalized spacial score (nSPS) is 13.9. The molecular formula is C44H85BN2NaO5. The number of rotatable bonds is 21. The Labute approximate surface area is 354 Å². The molecule has 1 aliphatic rings. The number of hydrogen-bond acceptors (Lipinski definition) is 5. The van der Waals surface area contributed by atoms with Crippen molar-refractivity contribution in [3.05, 3.63) is 35.4 Å². The van der Waals surface area contributed by atoms with Crippen molar-refractivity contribution in [2.24, 2.45) is 35.3 Å². The number of carbonyl (C=O) groups is 3. The van der Waals surface area contributed by atoms with Crippen LogP contribution < -0.4 is 35.3 Å². The maximum Gasteiger partial charge on any atom is 1.00 e. The summed E-state index contributed by atoms with van der Waals surface area (Å²) in [7, 11) is 0. The second-order valence-electron chi connectivity index (χ2n) is 15.0. The minimum Gasteiger partial charge on any atom is -1.00 e. The smallest absolute Gasteiger partial charge is 1.00 e. The third-order valence-corrected chi connectivity index (χ3v) is 9.40. The molecule has 7 nitrogen and oxygen atoms in total. The van der Waals surface area contributed by atoms with Crippen LogP contribution in [-0.4, -0.2) is 61.0 Å². The van der Waals surface area contributed by atoms with Crippen molar-refractivity contribution < 1.29 is 55.6 Å². The minimum absolute atomic E-state index is 0. The molecule has 0 fully saturated rings. The zero-order valence-corrected chi connectivity index (χ0v) is 38.9. The van der Waals surface area contributed by atoms with E-state index in [1.807, 2.05) is 0 Å². The van der Waals surface area contributed by atoms with E-state index in [4.69, 9.17) is 15.9 Å². The van der Waals surface area contributed by atoms with Gasteiger partial charge in [0.25, 0.3) is 11.8 Å². The molecule has 1 aliphatic heterocycles. The fourth-order valence-corrected chi connectivity index (χ4v) is 5.07. The number of fused-ring (bicyclic) bond motifs is 1. The first-order valence-electron chi connectivity index (χ1n) is 20.7. The number of benzene rings is 1. The minimum atomic E-state index is -0.677. The molecule has 1 aromatic rings. The number of nitrogens with zero attached hydrogens (tertiary/aromatic N) is 1. The van der Waals surface area contributed by atoms with E-state index in [2.05, 4.69) is 69.2 Å². The maximum atomic E-state index is 12.1. The number of amides is 2. The number of unbranched alkanes of at least 4 members (excludes halogenated alkanes) is 5. The van der Waals surface area contributed by atoms with Gasteiger partial charge >= 0.3 is 35.5 Å². The zero-order chi connectivity index (χ0) is 39.6. The van der Waals surface area contributed by atoms with Gasteiger partial charge in [-0.25, -0.2) is 0 Å². The molecular weight excluding hydrogens is 670 g/mol. The monoisotopic (exact) mass is 756 g/mol. The SMILES string of the molecule is CCCC[C@H](C)C(=O)O.CCCC[C@H](C)CC.CCCC[C@H](C)CN.CCCC[C@H](C)CN1C(=O)c2ccccc2C1=O.CCCC[C@H](C)CO.[B].[H-].[Na+]. The van der Waals surface area contributed by atoms with Crippen LogP contribution in [0.4, 0.5) is 0 Å². The topological polar surface area (TPSA) is 121 Å². The first-order chi connectivity index (χ1) is 24.3. The van der Waals surface area contributed by atoms with Crippen LogP contribution in [0.25, 0.3) is 0 Å². The van der Waals surface area contributed by atoms with E-state index in [0.29, 0.717) is 36.1 Å². The van der Waals surface area contributed by atoms with Crippen LogP contribution in [0.5, 0.6) is 0 Å². The fraction of sp³-hybridized carbons (Fsp3) is 0.795. The molecule has 0 saturated carbocycles. The van der Waals surface area contributed by atoms with Crippen LogP contribution in [0.1, 0.15) is 201 Å². The van der Waals surface area contributed by atoms with E-state index in [1.165, 1.54) is 69.1 Å². The summed E-state index contributed by atoms with van der Waals surface area (Å²) in [4.78, 5) is 35.8. The van der Waals surface area contributed by atoms with Gasteiger partial charge in [-0.2, -0.15) is 0 Å². The summed E-state index contributed by atoms with van der Waals surface area (Å²) in [5, 5.41) is 17.0. The van der Waals surface area contributed by atoms with Gasteiger partial charge in [0, 0.05) is 21.6 Å². The van der Waals surface area contributed by atoms with Gasteiger partial charge in [0.05, 0.1) is 17.0 Å². The number of aliphatic hydroxyl groups is 1. The Morgan fingerprint density at radius 1 is 0.660 bits per heavy atom. The van der Waals surface area contributed by atoms with Crippen LogP contribution >= 0.6 is 0 Å². The Balaban J connectivity index is -0.000000139. The van der Waals surface area contributed by atoms with E-state index in [0.717, 1.165) is 56.9 Å². The summed E-state index contributed by atoms with van der Waals surface area (Å²) in [6.45, 7) is 25.3. The van der Waals surface area contributed by atoms with E-state index < -0.39 is 5.97 Å². The molecule has 2 rings (SSSR count). The van der Waals surface area contributed by atoms with Gasteiger partial charge in [0.15, 0.2) is 0 Å². The number of nitrogens with two attached hydrogens (primary N) is 1. The van der Waals surface area contributed by atoms with E-state index in [9.17, 15) is 14.4 Å². The van der Waals surface area contributed by atoms with Crippen molar-refractivity contribution >= 4 is 26.2 Å². The first kappa shape index (κ1) is 61.0. The standard InChI is InChI=1S/C15H19NO2.C8H18.C7H17N.C7H14O2.C7H16O.B.Na.H/c1-3-4-7-11(2)10-16-14(17)12-8-5-6-9-13(12)15(16)18;1-4-6-7-8(3)5-2;1-3-4-5-7(2)6-8;1-3-4-5-6(2)7(8)9;1-3-4-5-7(2)6-8;;;/h5-6,8-9,11H,3-4,7,10H2,1-2H3;8H,4-7H2,1-3H3;7H,3-6,8H2,1-2H3;6H,3-5H2,1-2H3,(H,8,9);7-8H,3-6H2,1-2H3;;;/q;;;;;;+1;-1/t11-;8-;7-;6-;7-;;;/m01000.../s1. The molecule has 0 saturated heterocycles. The van der Waals surface area contributed by atoms with Gasteiger partial charge in [0.1, 0.15) is 0 Å². The summed E-state index contributed by atoms with van der Waals surface area (Å²) in [6.07, 6.45) is 19.4. The van der Waals surface area contributed by atoms with Gasteiger partial charge in [-0.1, -0.05) is 165 Å². The second kappa shape index (κ2) is 42.0. The predicted octanol–water partition coefficient (Wildman–Crippen LogP) is 8.54. The number of aliphatic hydroxyl groups excluding tert-OH is 1. The average Bonchev–Trinajstić information content (AvgIpc) is 3.38. The zero-order valence-electron chi connectivity index (χ0n) is 37.9. The molecule has 4 N–H and O–H groups in total. The second-order valence-corrected chi connectivity index (χ2v) is 15.0. The van der Waals surface area contributed by atoms with Gasteiger partial charge < -0.3 is 17.4 Å². The molecule has 0 unspecified atom stereocenters. The Hall–Kier alpha value is -1.19. The number of carbonyl (C=O) groups excluding carboxylic acids is 2. The Bertz CT molecular complexity index is 922. The van der Waals surface area contributed by atoms with Crippen molar-refractivity contribution in [3.63, 3.8) is 0 Å². The van der Waals surface area contributed by atoms with E-state index >= 15 is 0 Å². The third kappa shape index (κ3) is 33.8. The predicted molar refractivity (Wildman–Crippen MR) is 226 cm³/mol. The van der Waals surface area contributed by atoms with Crippen LogP contribution in [-0.2, 0) is 4.79 Å². The van der Waals surface area contributed by atoms with Crippen LogP contribution in [0, 0.1) is 29.6 Å². The molecule has 53 heavy (non-hydrogen) atoms.